The fraction of sp³-hybridized carbons (Fsp3) is 0.529. The fourth-order valence-electron chi connectivity index (χ4n) is 3.42. The summed E-state index contributed by atoms with van der Waals surface area (Å²) in [7, 11) is -2.96. The first kappa shape index (κ1) is 17.0. The van der Waals surface area contributed by atoms with Crippen LogP contribution in [0.1, 0.15) is 36.0 Å². The van der Waals surface area contributed by atoms with Crippen molar-refractivity contribution in [1.82, 2.24) is 5.32 Å². The minimum atomic E-state index is -2.96. The number of rotatable bonds is 5. The van der Waals surface area contributed by atoms with Gasteiger partial charge in [0.1, 0.15) is 9.84 Å². The third-order valence-electron chi connectivity index (χ3n) is 4.60. The maximum absolute atomic E-state index is 12.4. The average molecular weight is 350 g/mol. The van der Waals surface area contributed by atoms with Gasteiger partial charge in [-0.1, -0.05) is 6.07 Å². The molecule has 2 aliphatic rings. The zero-order valence-electron chi connectivity index (χ0n) is 13.7. The van der Waals surface area contributed by atoms with Gasteiger partial charge >= 0.3 is 0 Å². The van der Waals surface area contributed by atoms with Gasteiger partial charge in [-0.2, -0.15) is 0 Å². The number of sulfone groups is 1. The van der Waals surface area contributed by atoms with Crippen LogP contribution in [0.2, 0.25) is 0 Å². The Balaban J connectivity index is 1.57. The predicted molar refractivity (Wildman–Crippen MR) is 91.7 cm³/mol. The smallest absolute Gasteiger partial charge is 0.251 e. The topological polar surface area (TPSA) is 83.6 Å². The normalized spacial score (nSPS) is 23.9. The molecule has 3 rings (SSSR count). The van der Waals surface area contributed by atoms with Crippen molar-refractivity contribution in [2.24, 2.45) is 5.92 Å². The Kier molecular flexibility index (Phi) is 4.62. The van der Waals surface area contributed by atoms with Crippen molar-refractivity contribution in [1.29, 1.82) is 0 Å². The number of carbonyl (C=O) groups excluding carboxylic acids is 2. The molecule has 2 amide bonds. The maximum atomic E-state index is 12.4. The van der Waals surface area contributed by atoms with Crippen molar-refractivity contribution >= 4 is 27.3 Å². The van der Waals surface area contributed by atoms with E-state index >= 15 is 0 Å². The van der Waals surface area contributed by atoms with E-state index in [4.69, 9.17) is 0 Å². The maximum Gasteiger partial charge on any atom is 0.251 e. The second-order valence-corrected chi connectivity index (χ2v) is 8.98. The van der Waals surface area contributed by atoms with Crippen molar-refractivity contribution in [3.8, 4) is 0 Å². The number of amides is 2. The number of carbonyl (C=O) groups is 2. The lowest BCUT2D eigenvalue weighted by molar-refractivity contribution is -0.117. The fourth-order valence-corrected chi connectivity index (χ4v) is 4.55. The van der Waals surface area contributed by atoms with E-state index in [0.717, 1.165) is 12.1 Å². The second-order valence-electron chi connectivity index (χ2n) is 6.80. The van der Waals surface area contributed by atoms with Gasteiger partial charge in [-0.05, 0) is 43.4 Å². The number of benzene rings is 1. The highest BCUT2D eigenvalue weighted by molar-refractivity contribution is 7.90. The summed E-state index contributed by atoms with van der Waals surface area (Å²) in [5.74, 6) is 0.242. The summed E-state index contributed by atoms with van der Waals surface area (Å²) in [4.78, 5) is 25.9. The molecule has 0 spiro atoms. The lowest BCUT2D eigenvalue weighted by Crippen LogP contribution is -2.46. The standard InChI is InChI=1S/C17H22N2O4S/c1-24(22,23)11-12-8-14(9-12)18-17(21)13-4-2-5-15(10-13)19-7-3-6-16(19)20/h2,4-5,10,12,14H,3,6-9,11H2,1H3,(H,18,21). The molecule has 130 valence electrons. The highest BCUT2D eigenvalue weighted by Crippen LogP contribution is 2.29. The van der Waals surface area contributed by atoms with Gasteiger partial charge < -0.3 is 10.2 Å². The van der Waals surface area contributed by atoms with Crippen molar-refractivity contribution < 1.29 is 18.0 Å². The molecule has 2 fully saturated rings. The van der Waals surface area contributed by atoms with Crippen LogP contribution in [0.3, 0.4) is 0 Å². The van der Waals surface area contributed by atoms with E-state index in [2.05, 4.69) is 5.32 Å². The molecule has 0 unspecified atom stereocenters. The number of hydrogen-bond donors (Lipinski definition) is 1. The lowest BCUT2D eigenvalue weighted by Gasteiger charge is -2.35. The molecule has 1 aliphatic heterocycles. The van der Waals surface area contributed by atoms with Crippen LogP contribution in [-0.4, -0.2) is 44.8 Å². The molecule has 6 nitrogen and oxygen atoms in total. The second kappa shape index (κ2) is 6.55. The van der Waals surface area contributed by atoms with Crippen molar-refractivity contribution in [2.45, 2.75) is 31.7 Å². The molecule has 1 heterocycles. The van der Waals surface area contributed by atoms with Crippen LogP contribution < -0.4 is 10.2 Å². The molecule has 0 radical (unpaired) electrons. The van der Waals surface area contributed by atoms with Crippen LogP contribution in [0.5, 0.6) is 0 Å². The number of hydrogen-bond acceptors (Lipinski definition) is 4. The molecule has 1 aliphatic carbocycles. The van der Waals surface area contributed by atoms with Crippen LogP contribution in [0.4, 0.5) is 5.69 Å². The molecule has 1 N–H and O–H groups in total. The molecule has 1 saturated heterocycles. The Morgan fingerprint density at radius 2 is 2.08 bits per heavy atom. The Morgan fingerprint density at radius 3 is 2.71 bits per heavy atom. The van der Waals surface area contributed by atoms with Gasteiger partial charge in [0.15, 0.2) is 0 Å². The summed E-state index contributed by atoms with van der Waals surface area (Å²) in [6.45, 7) is 0.694. The number of nitrogens with one attached hydrogen (secondary N) is 1. The molecule has 1 aromatic rings. The Hall–Kier alpha value is -1.89. The van der Waals surface area contributed by atoms with E-state index in [0.29, 0.717) is 31.4 Å². The molecule has 7 heteroatoms. The van der Waals surface area contributed by atoms with Gasteiger partial charge in [0, 0.05) is 36.5 Å². The molecule has 1 aromatic carbocycles. The Bertz CT molecular complexity index is 754. The zero-order valence-corrected chi connectivity index (χ0v) is 14.5. The van der Waals surface area contributed by atoms with E-state index in [1.165, 1.54) is 6.26 Å². The third kappa shape index (κ3) is 3.95. The SMILES string of the molecule is CS(=O)(=O)CC1CC(NC(=O)c2cccc(N3CCCC3=O)c2)C1. The Morgan fingerprint density at radius 1 is 1.33 bits per heavy atom. The van der Waals surface area contributed by atoms with Gasteiger partial charge in [0.05, 0.1) is 5.75 Å². The van der Waals surface area contributed by atoms with Gasteiger partial charge in [-0.15, -0.1) is 0 Å². The first-order valence-electron chi connectivity index (χ1n) is 8.21. The van der Waals surface area contributed by atoms with Gasteiger partial charge in [-0.25, -0.2) is 8.42 Å². The van der Waals surface area contributed by atoms with Gasteiger partial charge in [-0.3, -0.25) is 9.59 Å². The highest BCUT2D eigenvalue weighted by atomic mass is 32.2. The van der Waals surface area contributed by atoms with E-state index in [1.807, 2.05) is 6.07 Å². The van der Waals surface area contributed by atoms with Gasteiger partial charge in [0.25, 0.3) is 5.91 Å². The summed E-state index contributed by atoms with van der Waals surface area (Å²) in [6, 6.07) is 7.12. The summed E-state index contributed by atoms with van der Waals surface area (Å²) < 4.78 is 22.5. The molecular formula is C17H22N2O4S. The van der Waals surface area contributed by atoms with Crippen LogP contribution >= 0.6 is 0 Å². The highest BCUT2D eigenvalue weighted by Gasteiger charge is 2.32. The van der Waals surface area contributed by atoms with Crippen molar-refractivity contribution in [3.63, 3.8) is 0 Å². The largest absolute Gasteiger partial charge is 0.349 e. The van der Waals surface area contributed by atoms with Crippen LogP contribution in [0, 0.1) is 5.92 Å². The minimum Gasteiger partial charge on any atom is -0.349 e. The molecular weight excluding hydrogens is 328 g/mol. The van der Waals surface area contributed by atoms with Crippen LogP contribution in [0.15, 0.2) is 24.3 Å². The van der Waals surface area contributed by atoms with Crippen LogP contribution in [-0.2, 0) is 14.6 Å². The van der Waals surface area contributed by atoms with Crippen LogP contribution in [0.25, 0.3) is 0 Å². The molecule has 24 heavy (non-hydrogen) atoms. The minimum absolute atomic E-state index is 0.0290. The summed E-state index contributed by atoms with van der Waals surface area (Å²) >= 11 is 0. The van der Waals surface area contributed by atoms with Crippen molar-refractivity contribution in [3.05, 3.63) is 29.8 Å². The predicted octanol–water partition coefficient (Wildman–Crippen LogP) is 1.37. The molecule has 0 atom stereocenters. The van der Waals surface area contributed by atoms with E-state index in [9.17, 15) is 18.0 Å². The average Bonchev–Trinajstić information content (AvgIpc) is 2.90. The van der Waals surface area contributed by atoms with E-state index < -0.39 is 9.84 Å². The first-order chi connectivity index (χ1) is 11.3. The monoisotopic (exact) mass is 350 g/mol. The quantitative estimate of drug-likeness (QED) is 0.869. The Labute approximate surface area is 142 Å². The number of nitrogens with zero attached hydrogens (tertiary/aromatic N) is 1. The zero-order chi connectivity index (χ0) is 17.3. The van der Waals surface area contributed by atoms with E-state index in [1.54, 1.807) is 23.1 Å². The third-order valence-corrected chi connectivity index (χ3v) is 5.68. The van der Waals surface area contributed by atoms with Crippen molar-refractivity contribution in [2.75, 3.05) is 23.5 Å². The number of anilines is 1. The first-order valence-corrected chi connectivity index (χ1v) is 10.3. The molecule has 0 bridgehead atoms. The summed E-state index contributed by atoms with van der Waals surface area (Å²) in [5.41, 5.74) is 1.28. The molecule has 0 aromatic heterocycles. The summed E-state index contributed by atoms with van der Waals surface area (Å²) in [6.07, 6.45) is 4.04. The van der Waals surface area contributed by atoms with E-state index in [-0.39, 0.29) is 29.5 Å². The summed E-state index contributed by atoms with van der Waals surface area (Å²) in [5, 5.41) is 2.94. The van der Waals surface area contributed by atoms with Gasteiger partial charge in [0.2, 0.25) is 5.91 Å². The lowest BCUT2D eigenvalue weighted by atomic mass is 9.81. The molecule has 1 saturated carbocycles.